The smallest absolute Gasteiger partial charge is 0.303 e. The van der Waals surface area contributed by atoms with Crippen molar-refractivity contribution in [1.29, 1.82) is 0 Å². The summed E-state index contributed by atoms with van der Waals surface area (Å²) in [5, 5.41) is 8.36. The minimum atomic E-state index is -0.713. The lowest BCUT2D eigenvalue weighted by atomic mass is 10.1. The molecule has 0 aliphatic carbocycles. The molecule has 0 aromatic rings. The molecule has 0 amide bonds. The highest BCUT2D eigenvalue weighted by molar-refractivity contribution is 8.00. The van der Waals surface area contributed by atoms with Gasteiger partial charge in [-0.15, -0.1) is 0 Å². The molecule has 0 aliphatic heterocycles. The van der Waals surface area contributed by atoms with Crippen LogP contribution < -0.4 is 0 Å². The molecular formula is C9H17O2S2. The van der Waals surface area contributed by atoms with E-state index in [1.807, 2.05) is 0 Å². The third-order valence-corrected chi connectivity index (χ3v) is 2.17. The molecule has 0 heterocycles. The highest BCUT2D eigenvalue weighted by Gasteiger charge is 2.11. The summed E-state index contributed by atoms with van der Waals surface area (Å²) in [6, 6.07) is 0. The maximum atomic E-state index is 10.2. The molecule has 0 aromatic carbocycles. The molecule has 4 heteroatoms. The molecule has 0 saturated carbocycles. The summed E-state index contributed by atoms with van der Waals surface area (Å²) < 4.78 is -0.438. The number of carboxylic acid groups (broad SMARTS) is 1. The first kappa shape index (κ1) is 13.2. The standard InChI is InChI=1S/C9H17O2S2/c1-9(12,13)7-5-3-2-4-6-8(10)11/h12-13H,1-7H2,(H,10,11). The molecule has 13 heavy (non-hydrogen) atoms. The van der Waals surface area contributed by atoms with Crippen LogP contribution in [0.25, 0.3) is 0 Å². The van der Waals surface area contributed by atoms with E-state index in [0.717, 1.165) is 32.1 Å². The van der Waals surface area contributed by atoms with E-state index in [2.05, 4.69) is 32.2 Å². The van der Waals surface area contributed by atoms with Crippen molar-refractivity contribution in [2.45, 2.75) is 42.6 Å². The quantitative estimate of drug-likeness (QED) is 0.351. The maximum Gasteiger partial charge on any atom is 0.303 e. The van der Waals surface area contributed by atoms with Gasteiger partial charge < -0.3 is 5.11 Å². The molecule has 2 nitrogen and oxygen atoms in total. The molecule has 0 rings (SSSR count). The largest absolute Gasteiger partial charge is 0.481 e. The van der Waals surface area contributed by atoms with Crippen molar-refractivity contribution >= 4 is 31.2 Å². The van der Waals surface area contributed by atoms with Crippen LogP contribution >= 0.6 is 25.3 Å². The van der Waals surface area contributed by atoms with Crippen LogP contribution in [0, 0.1) is 6.92 Å². The molecule has 0 aromatic heterocycles. The molecule has 0 unspecified atom stereocenters. The number of aliphatic carboxylic acids is 1. The van der Waals surface area contributed by atoms with Gasteiger partial charge in [0.05, 0.1) is 4.08 Å². The van der Waals surface area contributed by atoms with Gasteiger partial charge in [-0.2, -0.15) is 25.3 Å². The van der Waals surface area contributed by atoms with Crippen molar-refractivity contribution < 1.29 is 9.90 Å². The van der Waals surface area contributed by atoms with Crippen LogP contribution in [0.5, 0.6) is 0 Å². The molecular weight excluding hydrogens is 204 g/mol. The number of hydrogen-bond acceptors (Lipinski definition) is 3. The number of thiol groups is 2. The average Bonchev–Trinajstić information content (AvgIpc) is 1.93. The second kappa shape index (κ2) is 6.60. The first-order valence-corrected chi connectivity index (χ1v) is 5.33. The fourth-order valence-electron chi connectivity index (χ4n) is 1.04. The van der Waals surface area contributed by atoms with Gasteiger partial charge in [0.15, 0.2) is 0 Å². The van der Waals surface area contributed by atoms with Crippen LogP contribution in [-0.2, 0) is 4.79 Å². The summed E-state index contributed by atoms with van der Waals surface area (Å²) in [6.45, 7) is 3.75. The summed E-state index contributed by atoms with van der Waals surface area (Å²) in [6.07, 6.45) is 4.90. The monoisotopic (exact) mass is 221 g/mol. The Kier molecular flexibility index (Phi) is 6.68. The van der Waals surface area contributed by atoms with Gasteiger partial charge in [0, 0.05) is 6.42 Å². The fourth-order valence-corrected chi connectivity index (χ4v) is 1.35. The van der Waals surface area contributed by atoms with Crippen molar-refractivity contribution in [1.82, 2.24) is 0 Å². The molecule has 0 bridgehead atoms. The topological polar surface area (TPSA) is 37.3 Å². The zero-order valence-corrected chi connectivity index (χ0v) is 9.49. The predicted octanol–water partition coefficient (Wildman–Crippen LogP) is 2.80. The Labute approximate surface area is 90.9 Å². The lowest BCUT2D eigenvalue weighted by molar-refractivity contribution is -0.137. The average molecular weight is 221 g/mol. The van der Waals surface area contributed by atoms with E-state index < -0.39 is 10.0 Å². The first-order valence-electron chi connectivity index (χ1n) is 4.44. The van der Waals surface area contributed by atoms with Crippen molar-refractivity contribution in [2.24, 2.45) is 0 Å². The zero-order chi connectivity index (χ0) is 10.3. The van der Waals surface area contributed by atoms with Gasteiger partial charge in [0.25, 0.3) is 0 Å². The summed E-state index contributed by atoms with van der Waals surface area (Å²) in [7, 11) is 0. The minimum absolute atomic E-state index is 0.275. The van der Waals surface area contributed by atoms with E-state index in [0.29, 0.717) is 0 Å². The van der Waals surface area contributed by atoms with Crippen molar-refractivity contribution in [3.8, 4) is 0 Å². The van der Waals surface area contributed by atoms with E-state index in [-0.39, 0.29) is 6.42 Å². The van der Waals surface area contributed by atoms with Crippen LogP contribution in [0.4, 0.5) is 0 Å². The van der Waals surface area contributed by atoms with Gasteiger partial charge in [-0.1, -0.05) is 19.3 Å². The Balaban J connectivity index is 3.13. The van der Waals surface area contributed by atoms with Gasteiger partial charge in [0.2, 0.25) is 0 Å². The van der Waals surface area contributed by atoms with Gasteiger partial charge in [-0.3, -0.25) is 4.79 Å². The van der Waals surface area contributed by atoms with E-state index in [1.165, 1.54) is 0 Å². The fraction of sp³-hybridized carbons (Fsp3) is 0.778. The third-order valence-electron chi connectivity index (χ3n) is 1.72. The number of unbranched alkanes of at least 4 members (excludes halogenated alkanes) is 3. The van der Waals surface area contributed by atoms with Crippen molar-refractivity contribution in [3.05, 3.63) is 6.92 Å². The Hall–Kier alpha value is 0.170. The molecule has 0 fully saturated rings. The summed E-state index contributed by atoms with van der Waals surface area (Å²) in [4.78, 5) is 10.2. The third kappa shape index (κ3) is 12.2. The van der Waals surface area contributed by atoms with Crippen LogP contribution in [-0.4, -0.2) is 15.2 Å². The van der Waals surface area contributed by atoms with E-state index in [4.69, 9.17) is 5.11 Å². The normalized spacial score (nSPS) is 11.6. The Morgan fingerprint density at radius 1 is 1.23 bits per heavy atom. The second-order valence-corrected chi connectivity index (χ2v) is 5.36. The minimum Gasteiger partial charge on any atom is -0.481 e. The Morgan fingerprint density at radius 3 is 2.23 bits per heavy atom. The van der Waals surface area contributed by atoms with Crippen LogP contribution in [0.15, 0.2) is 0 Å². The summed E-state index contributed by atoms with van der Waals surface area (Å²) in [5.41, 5.74) is 0. The molecule has 0 atom stereocenters. The van der Waals surface area contributed by atoms with Gasteiger partial charge in [-0.25, -0.2) is 0 Å². The van der Waals surface area contributed by atoms with Crippen molar-refractivity contribution in [3.63, 3.8) is 0 Å². The van der Waals surface area contributed by atoms with Gasteiger partial charge >= 0.3 is 5.97 Å². The Bertz CT molecular complexity index is 152. The molecule has 1 N–H and O–H groups in total. The lowest BCUT2D eigenvalue weighted by Gasteiger charge is -2.14. The van der Waals surface area contributed by atoms with E-state index in [1.54, 1.807) is 0 Å². The maximum absolute atomic E-state index is 10.2. The van der Waals surface area contributed by atoms with Crippen LogP contribution in [0.1, 0.15) is 38.5 Å². The van der Waals surface area contributed by atoms with Crippen LogP contribution in [0.2, 0.25) is 0 Å². The summed E-state index contributed by atoms with van der Waals surface area (Å²) >= 11 is 8.34. The molecule has 0 spiro atoms. The highest BCUT2D eigenvalue weighted by Crippen LogP contribution is 2.25. The molecule has 77 valence electrons. The Morgan fingerprint density at radius 2 is 1.77 bits per heavy atom. The summed E-state index contributed by atoms with van der Waals surface area (Å²) in [5.74, 6) is -0.713. The SMILES string of the molecule is [CH2]C(S)(S)CCCCCCC(=O)O. The zero-order valence-electron chi connectivity index (χ0n) is 7.70. The number of carbonyl (C=O) groups is 1. The van der Waals surface area contributed by atoms with Gasteiger partial charge in [-0.05, 0) is 19.8 Å². The highest BCUT2D eigenvalue weighted by atomic mass is 32.2. The number of hydrogen-bond donors (Lipinski definition) is 3. The van der Waals surface area contributed by atoms with Gasteiger partial charge in [0.1, 0.15) is 0 Å². The molecule has 0 aliphatic rings. The number of carboxylic acids is 1. The molecule has 0 saturated heterocycles. The second-order valence-electron chi connectivity index (χ2n) is 3.29. The lowest BCUT2D eigenvalue weighted by Crippen LogP contribution is -2.06. The van der Waals surface area contributed by atoms with E-state index in [9.17, 15) is 4.79 Å². The van der Waals surface area contributed by atoms with E-state index >= 15 is 0 Å². The predicted molar refractivity (Wildman–Crippen MR) is 61.4 cm³/mol. The molecule has 1 radical (unpaired) electrons. The first-order chi connectivity index (χ1) is 5.92. The van der Waals surface area contributed by atoms with Crippen LogP contribution in [0.3, 0.4) is 0 Å². The van der Waals surface area contributed by atoms with Crippen molar-refractivity contribution in [2.75, 3.05) is 0 Å². The number of rotatable bonds is 7.